The predicted molar refractivity (Wildman–Crippen MR) is 98.1 cm³/mol. The van der Waals surface area contributed by atoms with Crippen LogP contribution in [0, 0.1) is 0 Å². The molecule has 134 valence electrons. The van der Waals surface area contributed by atoms with Crippen LogP contribution in [0.3, 0.4) is 0 Å². The number of hydrogen-bond acceptors (Lipinski definition) is 4. The van der Waals surface area contributed by atoms with Crippen molar-refractivity contribution < 1.29 is 9.26 Å². The van der Waals surface area contributed by atoms with Crippen LogP contribution < -0.4 is 15.4 Å². The highest BCUT2D eigenvalue weighted by Crippen LogP contribution is 2.32. The van der Waals surface area contributed by atoms with Crippen molar-refractivity contribution in [1.82, 2.24) is 15.8 Å². The van der Waals surface area contributed by atoms with Gasteiger partial charge >= 0.3 is 0 Å². The maximum absolute atomic E-state index is 5.72. The monoisotopic (exact) mass is 342 g/mol. The first-order chi connectivity index (χ1) is 12.2. The molecule has 1 atom stereocenters. The predicted octanol–water partition coefficient (Wildman–Crippen LogP) is 3.03. The Bertz CT molecular complexity index is 724. The molecule has 2 aromatic rings. The van der Waals surface area contributed by atoms with Crippen LogP contribution in [-0.2, 0) is 6.54 Å². The Kier molecular flexibility index (Phi) is 5.58. The van der Waals surface area contributed by atoms with Gasteiger partial charge in [-0.2, -0.15) is 0 Å². The molecule has 0 saturated carbocycles. The molecule has 0 amide bonds. The van der Waals surface area contributed by atoms with Crippen LogP contribution in [0.1, 0.15) is 49.1 Å². The highest BCUT2D eigenvalue weighted by Gasteiger charge is 2.21. The second-order valence-electron chi connectivity index (χ2n) is 6.55. The van der Waals surface area contributed by atoms with E-state index < -0.39 is 0 Å². The second-order valence-corrected chi connectivity index (χ2v) is 6.55. The van der Waals surface area contributed by atoms with Gasteiger partial charge in [0.1, 0.15) is 5.75 Å². The van der Waals surface area contributed by atoms with E-state index in [1.54, 1.807) is 7.05 Å². The summed E-state index contributed by atoms with van der Waals surface area (Å²) in [6, 6.07) is 10.2. The minimum Gasteiger partial charge on any atom is -0.493 e. The number of hydrogen-bond donors (Lipinski definition) is 2. The van der Waals surface area contributed by atoms with Crippen molar-refractivity contribution in [3.05, 3.63) is 47.3 Å². The van der Waals surface area contributed by atoms with Crippen molar-refractivity contribution in [3.63, 3.8) is 0 Å². The van der Waals surface area contributed by atoms with Gasteiger partial charge in [0, 0.05) is 25.6 Å². The Morgan fingerprint density at radius 3 is 2.92 bits per heavy atom. The molecule has 0 spiro atoms. The first-order valence-corrected chi connectivity index (χ1v) is 8.79. The molecule has 3 rings (SSSR count). The minimum atomic E-state index is 0.364. The van der Waals surface area contributed by atoms with E-state index in [4.69, 9.17) is 9.26 Å². The molecule has 0 saturated heterocycles. The normalized spacial score (nSPS) is 17.1. The fraction of sp³-hybridized carbons (Fsp3) is 0.474. The van der Waals surface area contributed by atoms with Crippen LogP contribution in [0.4, 0.5) is 0 Å². The molecule has 6 heteroatoms. The number of benzene rings is 1. The summed E-state index contributed by atoms with van der Waals surface area (Å²) in [6.45, 7) is 6.32. The maximum Gasteiger partial charge on any atom is 0.191 e. The zero-order valence-electron chi connectivity index (χ0n) is 15.1. The molecule has 1 aromatic heterocycles. The summed E-state index contributed by atoms with van der Waals surface area (Å²) >= 11 is 0. The number of aromatic nitrogens is 1. The molecule has 2 heterocycles. The van der Waals surface area contributed by atoms with Gasteiger partial charge in [-0.15, -0.1) is 0 Å². The Labute approximate surface area is 148 Å². The highest BCUT2D eigenvalue weighted by molar-refractivity contribution is 5.79. The number of rotatable bonds is 5. The lowest BCUT2D eigenvalue weighted by molar-refractivity contribution is 0.267. The number of para-hydroxylation sites is 1. The van der Waals surface area contributed by atoms with Crippen LogP contribution in [0.2, 0.25) is 0 Å². The number of nitrogens with one attached hydrogen (secondary N) is 2. The average molecular weight is 342 g/mol. The van der Waals surface area contributed by atoms with Gasteiger partial charge in [-0.1, -0.05) is 37.2 Å². The molecule has 0 bridgehead atoms. The summed E-state index contributed by atoms with van der Waals surface area (Å²) in [4.78, 5) is 4.29. The van der Waals surface area contributed by atoms with Crippen LogP contribution in [0.5, 0.6) is 5.75 Å². The zero-order valence-corrected chi connectivity index (χ0v) is 15.1. The van der Waals surface area contributed by atoms with Gasteiger partial charge in [-0.05, 0) is 24.0 Å². The maximum atomic E-state index is 5.72. The van der Waals surface area contributed by atoms with Crippen molar-refractivity contribution in [2.75, 3.05) is 20.2 Å². The van der Waals surface area contributed by atoms with Crippen molar-refractivity contribution >= 4 is 5.96 Å². The quantitative estimate of drug-likeness (QED) is 0.645. The summed E-state index contributed by atoms with van der Waals surface area (Å²) in [5, 5.41) is 10.8. The number of fused-ring (bicyclic) bond motifs is 1. The second kappa shape index (κ2) is 8.05. The number of aliphatic imine (C=N–C) groups is 1. The molecule has 0 fully saturated rings. The molecular weight excluding hydrogens is 316 g/mol. The summed E-state index contributed by atoms with van der Waals surface area (Å²) < 4.78 is 11.1. The van der Waals surface area contributed by atoms with Gasteiger partial charge in [0.2, 0.25) is 0 Å². The van der Waals surface area contributed by atoms with Crippen LogP contribution in [0.25, 0.3) is 0 Å². The van der Waals surface area contributed by atoms with Gasteiger partial charge in [0.05, 0.1) is 18.8 Å². The molecule has 0 radical (unpaired) electrons. The SMILES string of the molecule is CN=C(NCc1cc(C(C)C)no1)NCC1CCOc2ccccc21. The third kappa shape index (κ3) is 4.32. The van der Waals surface area contributed by atoms with E-state index in [1.807, 2.05) is 18.2 Å². The van der Waals surface area contributed by atoms with Crippen molar-refractivity contribution in [2.24, 2.45) is 4.99 Å². The topological polar surface area (TPSA) is 71.7 Å². The lowest BCUT2D eigenvalue weighted by Crippen LogP contribution is -2.39. The van der Waals surface area contributed by atoms with E-state index in [0.717, 1.165) is 42.7 Å². The van der Waals surface area contributed by atoms with Gasteiger partial charge in [-0.25, -0.2) is 0 Å². The molecular formula is C19H26N4O2. The van der Waals surface area contributed by atoms with E-state index in [0.29, 0.717) is 18.4 Å². The highest BCUT2D eigenvalue weighted by atomic mass is 16.5. The number of nitrogens with zero attached hydrogens (tertiary/aromatic N) is 2. The Balaban J connectivity index is 1.53. The van der Waals surface area contributed by atoms with E-state index in [-0.39, 0.29) is 0 Å². The fourth-order valence-corrected chi connectivity index (χ4v) is 2.92. The Hall–Kier alpha value is -2.50. The van der Waals surface area contributed by atoms with Crippen LogP contribution in [-0.4, -0.2) is 31.3 Å². The lowest BCUT2D eigenvalue weighted by atomic mass is 9.93. The van der Waals surface area contributed by atoms with Crippen LogP contribution in [0.15, 0.2) is 39.8 Å². The number of guanidine groups is 1. The van der Waals surface area contributed by atoms with Crippen molar-refractivity contribution in [3.8, 4) is 5.75 Å². The third-order valence-electron chi connectivity index (χ3n) is 4.42. The van der Waals surface area contributed by atoms with Gasteiger partial charge in [0.15, 0.2) is 11.7 Å². The van der Waals surface area contributed by atoms with E-state index in [1.165, 1.54) is 5.56 Å². The largest absolute Gasteiger partial charge is 0.493 e. The first-order valence-electron chi connectivity index (χ1n) is 8.79. The van der Waals surface area contributed by atoms with E-state index in [2.05, 4.69) is 46.8 Å². The average Bonchev–Trinajstić information content (AvgIpc) is 3.11. The van der Waals surface area contributed by atoms with E-state index in [9.17, 15) is 0 Å². The first kappa shape index (κ1) is 17.3. The molecule has 25 heavy (non-hydrogen) atoms. The van der Waals surface area contributed by atoms with E-state index >= 15 is 0 Å². The molecule has 1 aliphatic heterocycles. The molecule has 1 aromatic carbocycles. The van der Waals surface area contributed by atoms with Crippen molar-refractivity contribution in [1.29, 1.82) is 0 Å². The molecule has 6 nitrogen and oxygen atoms in total. The van der Waals surface area contributed by atoms with Crippen LogP contribution >= 0.6 is 0 Å². The summed E-state index contributed by atoms with van der Waals surface area (Å²) in [5.74, 6) is 3.34. The third-order valence-corrected chi connectivity index (χ3v) is 4.42. The standard InChI is InChI=1S/C19H26N4O2/c1-13(2)17-10-15(25-23-17)12-22-19(20-3)21-11-14-8-9-24-18-7-5-4-6-16(14)18/h4-7,10,13-14H,8-9,11-12H2,1-3H3,(H2,20,21,22). The van der Waals surface area contributed by atoms with Gasteiger partial charge in [-0.3, -0.25) is 4.99 Å². The Morgan fingerprint density at radius 2 is 2.16 bits per heavy atom. The molecule has 2 N–H and O–H groups in total. The minimum absolute atomic E-state index is 0.364. The summed E-state index contributed by atoms with van der Waals surface area (Å²) in [6.07, 6.45) is 1.00. The smallest absolute Gasteiger partial charge is 0.191 e. The Morgan fingerprint density at radius 1 is 1.32 bits per heavy atom. The fourth-order valence-electron chi connectivity index (χ4n) is 2.92. The van der Waals surface area contributed by atoms with Gasteiger partial charge in [0.25, 0.3) is 0 Å². The molecule has 1 unspecified atom stereocenters. The molecule has 1 aliphatic rings. The summed E-state index contributed by atoms with van der Waals surface area (Å²) in [7, 11) is 1.77. The van der Waals surface area contributed by atoms with Crippen molar-refractivity contribution in [2.45, 2.75) is 38.6 Å². The van der Waals surface area contributed by atoms with Gasteiger partial charge < -0.3 is 19.9 Å². The number of ether oxygens (including phenoxy) is 1. The summed E-state index contributed by atoms with van der Waals surface area (Å²) in [5.41, 5.74) is 2.23. The molecule has 0 aliphatic carbocycles. The lowest BCUT2D eigenvalue weighted by Gasteiger charge is -2.26. The zero-order chi connectivity index (χ0) is 17.6.